The molecule has 8 heteroatoms. The Balaban J connectivity index is 1.69. The number of aryl methyl sites for hydroxylation is 2. The fraction of sp³-hybridized carbons (Fsp3) is 0.360. The first-order valence-corrected chi connectivity index (χ1v) is 11.5. The summed E-state index contributed by atoms with van der Waals surface area (Å²) < 4.78 is 17.0. The summed E-state index contributed by atoms with van der Waals surface area (Å²) in [7, 11) is 0. The van der Waals surface area contributed by atoms with Crippen molar-refractivity contribution in [2.45, 2.75) is 52.8 Å². The van der Waals surface area contributed by atoms with Gasteiger partial charge in [-0.05, 0) is 62.1 Å². The Morgan fingerprint density at radius 2 is 1.97 bits per heavy atom. The van der Waals surface area contributed by atoms with Gasteiger partial charge >= 0.3 is 11.6 Å². The van der Waals surface area contributed by atoms with E-state index < -0.39 is 5.63 Å². The number of halogens is 2. The van der Waals surface area contributed by atoms with Crippen LogP contribution in [0.3, 0.4) is 0 Å². The average molecular weight is 490 g/mol. The van der Waals surface area contributed by atoms with Crippen LogP contribution in [0.2, 0.25) is 10.0 Å². The van der Waals surface area contributed by atoms with Gasteiger partial charge in [-0.25, -0.2) is 4.79 Å². The van der Waals surface area contributed by atoms with Crippen molar-refractivity contribution in [2.75, 3.05) is 6.73 Å². The first-order chi connectivity index (χ1) is 15.7. The Morgan fingerprint density at radius 3 is 2.70 bits per heavy atom. The van der Waals surface area contributed by atoms with Gasteiger partial charge in [-0.3, -0.25) is 9.69 Å². The molecule has 3 aromatic rings. The van der Waals surface area contributed by atoms with Crippen LogP contribution in [0.5, 0.6) is 5.75 Å². The quantitative estimate of drug-likeness (QED) is 0.329. The van der Waals surface area contributed by atoms with E-state index in [4.69, 9.17) is 37.1 Å². The topological polar surface area (TPSA) is 69.0 Å². The van der Waals surface area contributed by atoms with E-state index in [0.717, 1.165) is 27.6 Å². The highest BCUT2D eigenvalue weighted by Crippen LogP contribution is 2.38. The van der Waals surface area contributed by atoms with Gasteiger partial charge in [-0.1, -0.05) is 29.3 Å². The largest absolute Gasteiger partial charge is 0.477 e. The van der Waals surface area contributed by atoms with Crippen molar-refractivity contribution in [1.82, 2.24) is 4.90 Å². The molecule has 0 saturated carbocycles. The number of esters is 1. The van der Waals surface area contributed by atoms with Gasteiger partial charge in [-0.2, -0.15) is 0 Å². The molecule has 0 amide bonds. The lowest BCUT2D eigenvalue weighted by molar-refractivity contribution is -0.147. The summed E-state index contributed by atoms with van der Waals surface area (Å²) in [5, 5.41) is 1.99. The molecule has 0 atom stereocenters. The zero-order valence-electron chi connectivity index (χ0n) is 18.7. The normalized spacial score (nSPS) is 13.8. The molecule has 0 radical (unpaired) electrons. The summed E-state index contributed by atoms with van der Waals surface area (Å²) in [6.07, 6.45) is 0.536. The lowest BCUT2D eigenvalue weighted by Crippen LogP contribution is -2.32. The second kappa shape index (κ2) is 9.75. The van der Waals surface area contributed by atoms with Crippen molar-refractivity contribution in [3.8, 4) is 5.75 Å². The summed E-state index contributed by atoms with van der Waals surface area (Å²) >= 11 is 12.4. The molecule has 174 valence electrons. The van der Waals surface area contributed by atoms with Crippen molar-refractivity contribution in [3.05, 3.63) is 73.1 Å². The van der Waals surface area contributed by atoms with Crippen LogP contribution in [-0.2, 0) is 29.0 Å². The molecule has 4 rings (SSSR count). The molecule has 0 N–H and O–H groups in total. The van der Waals surface area contributed by atoms with Gasteiger partial charge in [0.05, 0.1) is 11.7 Å². The average Bonchev–Trinajstić information content (AvgIpc) is 2.74. The van der Waals surface area contributed by atoms with Crippen molar-refractivity contribution >= 4 is 40.1 Å². The molecule has 1 aliphatic rings. The predicted molar refractivity (Wildman–Crippen MR) is 128 cm³/mol. The molecule has 2 heterocycles. The van der Waals surface area contributed by atoms with Gasteiger partial charge in [0.15, 0.2) is 0 Å². The molecular weight excluding hydrogens is 465 g/mol. The van der Waals surface area contributed by atoms with Crippen molar-refractivity contribution in [3.63, 3.8) is 0 Å². The number of fused-ring (bicyclic) bond motifs is 3. The molecule has 0 saturated heterocycles. The minimum Gasteiger partial charge on any atom is -0.477 e. The Kier molecular flexibility index (Phi) is 6.98. The van der Waals surface area contributed by atoms with Crippen LogP contribution < -0.4 is 10.4 Å². The van der Waals surface area contributed by atoms with Crippen molar-refractivity contribution in [1.29, 1.82) is 0 Å². The number of ether oxygens (including phenoxy) is 2. The highest BCUT2D eigenvalue weighted by atomic mass is 35.5. The third kappa shape index (κ3) is 5.35. The lowest BCUT2D eigenvalue weighted by atomic mass is 9.97. The summed E-state index contributed by atoms with van der Waals surface area (Å²) in [4.78, 5) is 26.3. The fourth-order valence-corrected chi connectivity index (χ4v) is 4.51. The highest BCUT2D eigenvalue weighted by molar-refractivity contribution is 6.35. The number of carbonyl (C=O) groups is 1. The number of hydrogen-bond donors (Lipinski definition) is 0. The van der Waals surface area contributed by atoms with E-state index in [-0.39, 0.29) is 18.5 Å². The molecular formula is C25H25Cl2NO5. The maximum absolute atomic E-state index is 12.1. The SMILES string of the molecule is Cc1cc(=O)oc2c3c(c(CCC(=O)OC(C)C)cc12)OCN(Cc1ccc(Cl)cc1Cl)C3. The molecule has 0 aliphatic carbocycles. The lowest BCUT2D eigenvalue weighted by Gasteiger charge is -2.31. The van der Waals surface area contributed by atoms with E-state index in [1.807, 2.05) is 32.9 Å². The molecule has 2 aromatic carbocycles. The van der Waals surface area contributed by atoms with Crippen LogP contribution in [0.15, 0.2) is 39.5 Å². The molecule has 0 spiro atoms. The van der Waals surface area contributed by atoms with Gasteiger partial charge in [0, 0.05) is 41.0 Å². The van der Waals surface area contributed by atoms with Gasteiger partial charge in [0.25, 0.3) is 0 Å². The van der Waals surface area contributed by atoms with Crippen LogP contribution in [0.4, 0.5) is 0 Å². The van der Waals surface area contributed by atoms with Crippen molar-refractivity contribution in [2.24, 2.45) is 0 Å². The summed E-state index contributed by atoms with van der Waals surface area (Å²) in [5.74, 6) is 0.400. The molecule has 1 aromatic heterocycles. The van der Waals surface area contributed by atoms with E-state index in [0.29, 0.717) is 47.6 Å². The molecule has 0 fully saturated rings. The van der Waals surface area contributed by atoms with Crippen molar-refractivity contribution < 1.29 is 18.7 Å². The Bertz CT molecular complexity index is 1270. The molecule has 33 heavy (non-hydrogen) atoms. The van der Waals surface area contributed by atoms with Gasteiger partial charge in [-0.15, -0.1) is 0 Å². The number of rotatable bonds is 6. The zero-order valence-corrected chi connectivity index (χ0v) is 20.3. The summed E-state index contributed by atoms with van der Waals surface area (Å²) in [6.45, 7) is 6.89. The fourth-order valence-electron chi connectivity index (χ4n) is 4.04. The molecule has 6 nitrogen and oxygen atoms in total. The van der Waals surface area contributed by atoms with Gasteiger partial charge in [0.2, 0.25) is 0 Å². The monoisotopic (exact) mass is 489 g/mol. The zero-order chi connectivity index (χ0) is 23.7. The number of hydrogen-bond acceptors (Lipinski definition) is 6. The third-order valence-corrected chi connectivity index (χ3v) is 6.10. The van der Waals surface area contributed by atoms with E-state index in [1.165, 1.54) is 6.07 Å². The summed E-state index contributed by atoms with van der Waals surface area (Å²) in [6, 6.07) is 8.82. The van der Waals surface area contributed by atoms with Crippen LogP contribution in [0.1, 0.15) is 42.5 Å². The van der Waals surface area contributed by atoms with Crippen LogP contribution in [-0.4, -0.2) is 23.7 Å². The number of carbonyl (C=O) groups excluding carboxylic acids is 1. The van der Waals surface area contributed by atoms with Crippen LogP contribution in [0.25, 0.3) is 11.0 Å². The van der Waals surface area contributed by atoms with Crippen LogP contribution >= 0.6 is 23.2 Å². The predicted octanol–water partition coefficient (Wildman–Crippen LogP) is 5.64. The van der Waals surface area contributed by atoms with Crippen LogP contribution in [0, 0.1) is 6.92 Å². The first-order valence-electron chi connectivity index (χ1n) is 10.8. The minimum atomic E-state index is -0.409. The smallest absolute Gasteiger partial charge is 0.336 e. The minimum absolute atomic E-state index is 0.163. The van der Waals surface area contributed by atoms with E-state index in [2.05, 4.69) is 4.90 Å². The summed E-state index contributed by atoms with van der Waals surface area (Å²) in [5.41, 5.74) is 3.51. The Hall–Kier alpha value is -2.54. The standard InChI is InChI=1S/C25H25Cl2NO5/c1-14(2)32-22(29)7-5-16-9-19-15(3)8-23(30)33-25(19)20-12-28(13-31-24(16)20)11-17-4-6-18(26)10-21(17)27/h4,6,8-10,14H,5,7,11-13H2,1-3H3. The Morgan fingerprint density at radius 1 is 1.18 bits per heavy atom. The second-order valence-corrected chi connectivity index (χ2v) is 9.35. The third-order valence-electron chi connectivity index (χ3n) is 5.51. The second-order valence-electron chi connectivity index (χ2n) is 8.50. The molecule has 0 bridgehead atoms. The van der Waals surface area contributed by atoms with E-state index in [9.17, 15) is 9.59 Å². The van der Waals surface area contributed by atoms with E-state index >= 15 is 0 Å². The Labute approximate surface area is 202 Å². The highest BCUT2D eigenvalue weighted by Gasteiger charge is 2.26. The number of nitrogens with zero attached hydrogens (tertiary/aromatic N) is 1. The maximum atomic E-state index is 12.1. The maximum Gasteiger partial charge on any atom is 0.336 e. The number of benzene rings is 2. The van der Waals surface area contributed by atoms with Gasteiger partial charge < -0.3 is 13.9 Å². The molecule has 1 aliphatic heterocycles. The molecule has 0 unspecified atom stereocenters. The van der Waals surface area contributed by atoms with E-state index in [1.54, 1.807) is 12.1 Å². The van der Waals surface area contributed by atoms with Gasteiger partial charge in [0.1, 0.15) is 18.1 Å². The first kappa shape index (κ1) is 23.6.